The summed E-state index contributed by atoms with van der Waals surface area (Å²) in [4.78, 5) is 16.7. The smallest absolute Gasteiger partial charge is 0.240 e. The maximum atomic E-state index is 12.5. The average molecular weight is 295 g/mol. The van der Waals surface area contributed by atoms with Crippen molar-refractivity contribution in [2.24, 2.45) is 5.73 Å². The molecule has 1 aliphatic carbocycles. The van der Waals surface area contributed by atoms with Crippen molar-refractivity contribution in [2.75, 3.05) is 6.54 Å². The first-order valence-corrected chi connectivity index (χ1v) is 7.75. The zero-order valence-electron chi connectivity index (χ0n) is 12.7. The molecule has 0 radical (unpaired) electrons. The van der Waals surface area contributed by atoms with Gasteiger partial charge < -0.3 is 15.6 Å². The Hall–Kier alpha value is -1.47. The van der Waals surface area contributed by atoms with Crippen molar-refractivity contribution in [3.05, 3.63) is 11.7 Å². The number of nitrogens with zero attached hydrogens (tertiary/aromatic N) is 2. The van der Waals surface area contributed by atoms with Gasteiger partial charge in [0.25, 0.3) is 0 Å². The van der Waals surface area contributed by atoms with Crippen LogP contribution in [-0.4, -0.2) is 28.1 Å². The summed E-state index contributed by atoms with van der Waals surface area (Å²) in [5.74, 6) is 1.05. The number of hydrogen-bond donors (Lipinski definition) is 3. The first-order valence-electron chi connectivity index (χ1n) is 7.75. The standard InChI is InChI=1S/C14H25N5O2/c1-2-8-16-13(20)14(6-4-3-5-7-14)17-10-11-18-12(9-15)21-19-11/h17H,2-10,15H2,1H3,(H,16,20). The summed E-state index contributed by atoms with van der Waals surface area (Å²) < 4.78 is 4.99. The molecule has 1 heterocycles. The highest BCUT2D eigenvalue weighted by Crippen LogP contribution is 2.28. The molecule has 1 saturated carbocycles. The van der Waals surface area contributed by atoms with Crippen LogP contribution in [0.3, 0.4) is 0 Å². The van der Waals surface area contributed by atoms with E-state index in [2.05, 4.69) is 27.7 Å². The van der Waals surface area contributed by atoms with Gasteiger partial charge in [-0.15, -0.1) is 0 Å². The third-order valence-corrected chi connectivity index (χ3v) is 3.95. The van der Waals surface area contributed by atoms with E-state index in [0.29, 0.717) is 24.8 Å². The number of amides is 1. The molecule has 0 aromatic carbocycles. The van der Waals surface area contributed by atoms with Crippen LogP contribution in [0.4, 0.5) is 0 Å². The summed E-state index contributed by atoms with van der Waals surface area (Å²) in [5, 5.41) is 10.2. The van der Waals surface area contributed by atoms with Crippen molar-refractivity contribution >= 4 is 5.91 Å². The molecule has 1 aromatic heterocycles. The number of carbonyl (C=O) groups excluding carboxylic acids is 1. The monoisotopic (exact) mass is 295 g/mol. The second-order valence-corrected chi connectivity index (χ2v) is 5.56. The van der Waals surface area contributed by atoms with Crippen LogP contribution in [-0.2, 0) is 17.9 Å². The van der Waals surface area contributed by atoms with Crippen molar-refractivity contribution in [1.29, 1.82) is 0 Å². The zero-order valence-corrected chi connectivity index (χ0v) is 12.7. The molecule has 7 heteroatoms. The quantitative estimate of drug-likeness (QED) is 0.688. The molecule has 21 heavy (non-hydrogen) atoms. The molecule has 0 aliphatic heterocycles. The molecule has 0 atom stereocenters. The van der Waals surface area contributed by atoms with E-state index in [1.165, 1.54) is 6.42 Å². The van der Waals surface area contributed by atoms with Crippen LogP contribution >= 0.6 is 0 Å². The summed E-state index contributed by atoms with van der Waals surface area (Å²) >= 11 is 0. The summed E-state index contributed by atoms with van der Waals surface area (Å²) in [6, 6.07) is 0. The van der Waals surface area contributed by atoms with E-state index in [1.54, 1.807) is 0 Å². The lowest BCUT2D eigenvalue weighted by molar-refractivity contribution is -0.129. The van der Waals surface area contributed by atoms with Gasteiger partial charge in [-0.05, 0) is 19.3 Å². The minimum Gasteiger partial charge on any atom is -0.355 e. The zero-order chi connectivity index (χ0) is 15.1. The predicted molar refractivity (Wildman–Crippen MR) is 78.1 cm³/mol. The van der Waals surface area contributed by atoms with Gasteiger partial charge in [0, 0.05) is 6.54 Å². The number of nitrogens with two attached hydrogens (primary N) is 1. The molecule has 1 aliphatic rings. The second-order valence-electron chi connectivity index (χ2n) is 5.56. The Morgan fingerprint density at radius 2 is 2.14 bits per heavy atom. The maximum Gasteiger partial charge on any atom is 0.240 e. The predicted octanol–water partition coefficient (Wildman–Crippen LogP) is 0.847. The third kappa shape index (κ3) is 4.01. The van der Waals surface area contributed by atoms with Gasteiger partial charge in [0.1, 0.15) is 0 Å². The summed E-state index contributed by atoms with van der Waals surface area (Å²) in [5.41, 5.74) is 4.95. The van der Waals surface area contributed by atoms with Crippen LogP contribution in [0.2, 0.25) is 0 Å². The van der Waals surface area contributed by atoms with E-state index in [-0.39, 0.29) is 12.5 Å². The fourth-order valence-electron chi connectivity index (χ4n) is 2.74. The van der Waals surface area contributed by atoms with Gasteiger partial charge in [-0.2, -0.15) is 4.98 Å². The molecule has 7 nitrogen and oxygen atoms in total. The highest BCUT2D eigenvalue weighted by atomic mass is 16.5. The van der Waals surface area contributed by atoms with E-state index in [0.717, 1.165) is 32.1 Å². The Labute approximate surface area is 125 Å². The Morgan fingerprint density at radius 1 is 1.38 bits per heavy atom. The van der Waals surface area contributed by atoms with Crippen LogP contribution in [0, 0.1) is 0 Å². The SMILES string of the molecule is CCCNC(=O)C1(NCc2noc(CN)n2)CCCCC1. The van der Waals surface area contributed by atoms with Crippen molar-refractivity contribution in [3.8, 4) is 0 Å². The van der Waals surface area contributed by atoms with Crippen LogP contribution in [0.25, 0.3) is 0 Å². The number of aromatic nitrogens is 2. The molecule has 1 fully saturated rings. The van der Waals surface area contributed by atoms with Gasteiger partial charge in [0.2, 0.25) is 11.8 Å². The average Bonchev–Trinajstić information content (AvgIpc) is 2.99. The first-order chi connectivity index (χ1) is 10.2. The van der Waals surface area contributed by atoms with Crippen molar-refractivity contribution < 1.29 is 9.32 Å². The van der Waals surface area contributed by atoms with Gasteiger partial charge in [0.05, 0.1) is 18.6 Å². The number of rotatable bonds is 7. The lowest BCUT2D eigenvalue weighted by atomic mass is 9.80. The van der Waals surface area contributed by atoms with Crippen LogP contribution in [0.15, 0.2) is 4.52 Å². The third-order valence-electron chi connectivity index (χ3n) is 3.95. The summed E-state index contributed by atoms with van der Waals surface area (Å²) in [7, 11) is 0. The fraction of sp³-hybridized carbons (Fsp3) is 0.786. The van der Waals surface area contributed by atoms with E-state index >= 15 is 0 Å². The first kappa shape index (κ1) is 15.9. The fourth-order valence-corrected chi connectivity index (χ4v) is 2.74. The molecular formula is C14H25N5O2. The van der Waals surface area contributed by atoms with Crippen LogP contribution in [0.5, 0.6) is 0 Å². The Morgan fingerprint density at radius 3 is 2.76 bits per heavy atom. The number of carbonyl (C=O) groups is 1. The van der Waals surface area contributed by atoms with E-state index < -0.39 is 5.54 Å². The highest BCUT2D eigenvalue weighted by Gasteiger charge is 2.38. The lowest BCUT2D eigenvalue weighted by Crippen LogP contribution is -2.57. The van der Waals surface area contributed by atoms with Crippen molar-refractivity contribution in [3.63, 3.8) is 0 Å². The lowest BCUT2D eigenvalue weighted by Gasteiger charge is -2.36. The normalized spacial score (nSPS) is 17.6. The van der Waals surface area contributed by atoms with Gasteiger partial charge >= 0.3 is 0 Å². The van der Waals surface area contributed by atoms with Gasteiger partial charge in [-0.1, -0.05) is 31.3 Å². The highest BCUT2D eigenvalue weighted by molar-refractivity contribution is 5.86. The molecule has 0 unspecified atom stereocenters. The van der Waals surface area contributed by atoms with Crippen LogP contribution in [0.1, 0.15) is 57.2 Å². The number of nitrogens with one attached hydrogen (secondary N) is 2. The molecule has 0 saturated heterocycles. The summed E-state index contributed by atoms with van der Waals surface area (Å²) in [6.07, 6.45) is 5.95. The Balaban J connectivity index is 1.99. The molecule has 118 valence electrons. The van der Waals surface area contributed by atoms with Crippen LogP contribution < -0.4 is 16.4 Å². The van der Waals surface area contributed by atoms with Gasteiger partial charge in [-0.3, -0.25) is 10.1 Å². The topological polar surface area (TPSA) is 106 Å². The molecule has 1 amide bonds. The van der Waals surface area contributed by atoms with Gasteiger partial charge in [-0.25, -0.2) is 0 Å². The second kappa shape index (κ2) is 7.51. The van der Waals surface area contributed by atoms with Crippen molar-refractivity contribution in [2.45, 2.75) is 64.1 Å². The minimum absolute atomic E-state index is 0.0894. The molecule has 1 aromatic rings. The molecule has 0 spiro atoms. The molecule has 2 rings (SSSR count). The minimum atomic E-state index is -0.503. The van der Waals surface area contributed by atoms with Gasteiger partial charge in [0.15, 0.2) is 5.82 Å². The number of hydrogen-bond acceptors (Lipinski definition) is 6. The Kier molecular flexibility index (Phi) is 5.69. The van der Waals surface area contributed by atoms with E-state index in [1.807, 2.05) is 0 Å². The van der Waals surface area contributed by atoms with E-state index in [9.17, 15) is 4.79 Å². The van der Waals surface area contributed by atoms with Crippen molar-refractivity contribution in [1.82, 2.24) is 20.8 Å². The molecular weight excluding hydrogens is 270 g/mol. The molecule has 4 N–H and O–H groups in total. The Bertz CT molecular complexity index is 454. The maximum absolute atomic E-state index is 12.5. The van der Waals surface area contributed by atoms with E-state index in [4.69, 9.17) is 10.3 Å². The largest absolute Gasteiger partial charge is 0.355 e. The molecule has 0 bridgehead atoms. The summed E-state index contributed by atoms with van der Waals surface area (Å²) in [6.45, 7) is 3.41.